The first kappa shape index (κ1) is 23.1. The minimum atomic E-state index is -4.26. The third-order valence-electron chi connectivity index (χ3n) is 3.97. The van der Waals surface area contributed by atoms with Crippen LogP contribution in [0.15, 0.2) is 60.1 Å². The van der Waals surface area contributed by atoms with Gasteiger partial charge >= 0.3 is 6.11 Å². The maximum Gasteiger partial charge on any atom is 0.444 e. The van der Waals surface area contributed by atoms with Gasteiger partial charge in [-0.25, -0.2) is 9.37 Å². The van der Waals surface area contributed by atoms with Crippen LogP contribution in [-0.2, 0) is 0 Å². The van der Waals surface area contributed by atoms with Gasteiger partial charge in [-0.3, -0.25) is 10.1 Å². The van der Waals surface area contributed by atoms with E-state index in [9.17, 15) is 28.5 Å². The van der Waals surface area contributed by atoms with E-state index in [0.717, 1.165) is 11.3 Å². The first-order valence-electron chi connectivity index (χ1n) is 8.73. The summed E-state index contributed by atoms with van der Waals surface area (Å²) in [6.45, 7) is 0. The van der Waals surface area contributed by atoms with Gasteiger partial charge in [0.05, 0.1) is 16.3 Å². The van der Waals surface area contributed by atoms with Crippen LogP contribution in [0.2, 0.25) is 0 Å². The zero-order valence-electron chi connectivity index (χ0n) is 15.8. The number of nitro groups is 1. The Balaban J connectivity index is 1.84. The van der Waals surface area contributed by atoms with Gasteiger partial charge in [0, 0.05) is 29.3 Å². The highest BCUT2D eigenvalue weighted by atomic mass is 35.5. The van der Waals surface area contributed by atoms with Crippen LogP contribution in [0.25, 0.3) is 16.8 Å². The van der Waals surface area contributed by atoms with E-state index in [0.29, 0.717) is 11.3 Å². The monoisotopic (exact) mass is 480 g/mol. The van der Waals surface area contributed by atoms with E-state index < -0.39 is 16.7 Å². The highest BCUT2D eigenvalue weighted by Gasteiger charge is 2.42. The largest absolute Gasteiger partial charge is 0.444 e. The molecule has 0 aliphatic carbocycles. The number of alkyl halides is 4. The van der Waals surface area contributed by atoms with Crippen LogP contribution in [0, 0.1) is 21.4 Å². The van der Waals surface area contributed by atoms with E-state index >= 15 is 0 Å². The van der Waals surface area contributed by atoms with Gasteiger partial charge in [0.15, 0.2) is 0 Å². The second kappa shape index (κ2) is 9.67. The Labute approximate surface area is 188 Å². The highest BCUT2D eigenvalue weighted by Crippen LogP contribution is 2.34. The fraction of sp³-hybridized carbons (Fsp3) is 0.100. The van der Waals surface area contributed by atoms with Crippen LogP contribution in [0.3, 0.4) is 0 Å². The number of nitrogens with zero attached hydrogens (tertiary/aromatic N) is 3. The average Bonchev–Trinajstić information content (AvgIpc) is 3.25. The molecule has 0 amide bonds. The van der Waals surface area contributed by atoms with Gasteiger partial charge in [-0.1, -0.05) is 35.9 Å². The van der Waals surface area contributed by atoms with Crippen molar-refractivity contribution in [1.82, 2.24) is 4.98 Å². The van der Waals surface area contributed by atoms with Gasteiger partial charge < -0.3 is 10.1 Å². The molecule has 0 bridgehead atoms. The molecule has 0 fully saturated rings. The number of halogens is 4. The lowest BCUT2D eigenvalue weighted by Gasteiger charge is -2.19. The number of para-hydroxylation sites is 2. The number of thiazole rings is 1. The molecule has 1 atom stereocenters. The Morgan fingerprint density at radius 1 is 1.34 bits per heavy atom. The molecule has 1 N–H and O–H groups in total. The van der Waals surface area contributed by atoms with Gasteiger partial charge in [-0.05, 0) is 12.1 Å². The summed E-state index contributed by atoms with van der Waals surface area (Å²) in [4.78, 5) is 14.7. The second-order valence-corrected chi connectivity index (χ2v) is 7.36. The number of benzene rings is 2. The Morgan fingerprint density at radius 3 is 2.78 bits per heavy atom. The van der Waals surface area contributed by atoms with Crippen molar-refractivity contribution in [2.75, 3.05) is 5.32 Å². The number of non-ortho nitro benzene ring substituents is 1. The van der Waals surface area contributed by atoms with E-state index in [1.807, 2.05) is 6.07 Å². The molecule has 1 heterocycles. The van der Waals surface area contributed by atoms with E-state index in [2.05, 4.69) is 15.0 Å². The summed E-state index contributed by atoms with van der Waals surface area (Å²) in [6, 6.07) is 13.3. The molecule has 0 saturated heterocycles. The summed E-state index contributed by atoms with van der Waals surface area (Å²) < 4.78 is 44.3. The van der Waals surface area contributed by atoms with Crippen molar-refractivity contribution in [2.45, 2.75) is 11.7 Å². The number of nitriles is 1. The van der Waals surface area contributed by atoms with Crippen molar-refractivity contribution in [3.8, 4) is 23.1 Å². The number of hydrogen-bond donors (Lipinski definition) is 1. The number of ether oxygens (including phenoxy) is 1. The van der Waals surface area contributed by atoms with E-state index in [4.69, 9.17) is 11.6 Å². The summed E-state index contributed by atoms with van der Waals surface area (Å²) in [6.07, 6.45) is -3.03. The first-order chi connectivity index (χ1) is 15.2. The van der Waals surface area contributed by atoms with Gasteiger partial charge in [0.2, 0.25) is 0 Å². The first-order valence-corrected chi connectivity index (χ1v) is 10.0. The molecule has 0 saturated carbocycles. The zero-order valence-corrected chi connectivity index (χ0v) is 17.4. The number of rotatable bonds is 8. The zero-order chi connectivity index (χ0) is 23.3. The fourth-order valence-electron chi connectivity index (χ4n) is 2.47. The molecular weight excluding hydrogens is 469 g/mol. The number of nitro benzene ring substituents is 1. The predicted octanol–water partition coefficient (Wildman–Crippen LogP) is 6.20. The lowest BCUT2D eigenvalue weighted by atomic mass is 10.1. The molecule has 1 aromatic heterocycles. The second-order valence-electron chi connectivity index (χ2n) is 6.12. The molecule has 2 aromatic carbocycles. The van der Waals surface area contributed by atoms with Gasteiger partial charge in [0.1, 0.15) is 22.4 Å². The van der Waals surface area contributed by atoms with Crippen molar-refractivity contribution in [3.63, 3.8) is 0 Å². The van der Waals surface area contributed by atoms with Gasteiger partial charge in [-0.2, -0.15) is 14.0 Å². The van der Waals surface area contributed by atoms with Crippen molar-refractivity contribution < 1.29 is 22.8 Å². The third kappa shape index (κ3) is 5.35. The van der Waals surface area contributed by atoms with Gasteiger partial charge in [0.25, 0.3) is 11.3 Å². The van der Waals surface area contributed by atoms with E-state index in [1.165, 1.54) is 48.7 Å². The molecule has 0 radical (unpaired) electrons. The number of hydrogen-bond acceptors (Lipinski definition) is 7. The predicted molar refractivity (Wildman–Crippen MR) is 114 cm³/mol. The fourth-order valence-corrected chi connectivity index (χ4v) is 3.31. The highest BCUT2D eigenvalue weighted by molar-refractivity contribution is 7.11. The minimum absolute atomic E-state index is 0.0349. The normalized spacial score (nSPS) is 12.7. The van der Waals surface area contributed by atoms with Crippen molar-refractivity contribution in [2.24, 2.45) is 0 Å². The SMILES string of the molecule is N#CC(=CNc1ccccc1OC(F)(F)C(F)Cl)c1nc(-c2cccc([N+](=O)[O-])c2)cs1. The lowest BCUT2D eigenvalue weighted by molar-refractivity contribution is -0.384. The number of nitrogens with one attached hydrogen (secondary N) is 1. The standard InChI is InChI=1S/C20H12ClF3N4O3S/c21-19(22)20(23,24)31-17-7-2-1-6-15(17)26-10-13(9-25)18-27-16(11-32-18)12-4-3-5-14(8-12)28(29)30/h1-8,10-11,19,26H. The van der Waals surface area contributed by atoms with Crippen LogP contribution in [-0.4, -0.2) is 21.6 Å². The number of anilines is 1. The van der Waals surface area contributed by atoms with Crippen molar-refractivity contribution in [3.05, 3.63) is 75.2 Å². The lowest BCUT2D eigenvalue weighted by Crippen LogP contribution is -2.33. The summed E-state index contributed by atoms with van der Waals surface area (Å²) in [5, 5.41) is 25.0. The molecule has 7 nitrogen and oxygen atoms in total. The topological polar surface area (TPSA) is 101 Å². The quantitative estimate of drug-likeness (QED) is 0.178. The molecule has 164 valence electrons. The smallest absolute Gasteiger partial charge is 0.427 e. The third-order valence-corrected chi connectivity index (χ3v) is 5.10. The Bertz CT molecular complexity index is 1210. The Hall–Kier alpha value is -3.62. The van der Waals surface area contributed by atoms with Crippen LogP contribution in [0.4, 0.5) is 24.5 Å². The molecule has 12 heteroatoms. The molecule has 0 spiro atoms. The van der Waals surface area contributed by atoms with Crippen LogP contribution in [0.5, 0.6) is 5.75 Å². The molecule has 1 unspecified atom stereocenters. The Morgan fingerprint density at radius 2 is 2.09 bits per heavy atom. The molecular formula is C20H12ClF3N4O3S. The average molecular weight is 481 g/mol. The van der Waals surface area contributed by atoms with Crippen molar-refractivity contribution in [1.29, 1.82) is 5.26 Å². The minimum Gasteiger partial charge on any atom is -0.427 e. The van der Waals surface area contributed by atoms with Crippen molar-refractivity contribution >= 4 is 39.9 Å². The summed E-state index contributed by atoms with van der Waals surface area (Å²) in [5.41, 5.74) is -2.13. The van der Waals surface area contributed by atoms with Gasteiger partial charge in [-0.15, -0.1) is 11.3 Å². The van der Waals surface area contributed by atoms with Crippen LogP contribution in [0.1, 0.15) is 5.01 Å². The molecule has 3 rings (SSSR count). The maximum atomic E-state index is 13.5. The molecule has 0 aliphatic rings. The maximum absolute atomic E-state index is 13.5. The van der Waals surface area contributed by atoms with E-state index in [-0.39, 0.29) is 27.7 Å². The number of allylic oxidation sites excluding steroid dienone is 1. The summed E-state index contributed by atoms with van der Waals surface area (Å²) in [7, 11) is 0. The molecule has 3 aromatic rings. The number of aromatic nitrogens is 1. The molecule has 0 aliphatic heterocycles. The van der Waals surface area contributed by atoms with Crippen LogP contribution >= 0.6 is 22.9 Å². The van der Waals surface area contributed by atoms with Crippen LogP contribution < -0.4 is 10.1 Å². The summed E-state index contributed by atoms with van der Waals surface area (Å²) >= 11 is 5.93. The Kier molecular flexibility index (Phi) is 6.97. The molecule has 32 heavy (non-hydrogen) atoms. The van der Waals surface area contributed by atoms with E-state index in [1.54, 1.807) is 11.4 Å². The summed E-state index contributed by atoms with van der Waals surface area (Å²) in [5.74, 6) is -0.384.